The van der Waals surface area contributed by atoms with Gasteiger partial charge in [-0.25, -0.2) is 18.2 Å². The third kappa shape index (κ3) is 4.05. The topological polar surface area (TPSA) is 96.4 Å². The lowest BCUT2D eigenvalue weighted by atomic mass is 9.92. The van der Waals surface area contributed by atoms with Crippen LogP contribution in [0.3, 0.4) is 0 Å². The van der Waals surface area contributed by atoms with Crippen molar-refractivity contribution in [3.8, 4) is 0 Å². The summed E-state index contributed by atoms with van der Waals surface area (Å²) in [5.41, 5.74) is 6.74. The number of fused-ring (bicyclic) bond motifs is 1. The van der Waals surface area contributed by atoms with E-state index in [-0.39, 0.29) is 12.1 Å². The van der Waals surface area contributed by atoms with Crippen LogP contribution in [0.25, 0.3) is 0 Å². The SMILES string of the molecule is Cc1csc(C2=NCc3cc(F)c(C(C)C(F)(F)COC(=N)N)cc3N2)n1. The molecule has 3 rings (SSSR count). The minimum absolute atomic E-state index is 0.157. The predicted molar refractivity (Wildman–Crippen MR) is 98.3 cm³/mol. The molecule has 1 atom stereocenters. The number of hydrogen-bond acceptors (Lipinski definition) is 6. The summed E-state index contributed by atoms with van der Waals surface area (Å²) in [4.78, 5) is 8.69. The maximum absolute atomic E-state index is 14.5. The zero-order valence-electron chi connectivity index (χ0n) is 14.6. The molecule has 0 fully saturated rings. The Morgan fingerprint density at radius 1 is 1.48 bits per heavy atom. The number of benzene rings is 1. The Morgan fingerprint density at radius 2 is 2.22 bits per heavy atom. The number of hydrogen-bond donors (Lipinski definition) is 3. The molecule has 0 amide bonds. The highest BCUT2D eigenvalue weighted by Gasteiger charge is 2.40. The summed E-state index contributed by atoms with van der Waals surface area (Å²) in [6.45, 7) is 2.19. The van der Waals surface area contributed by atoms with Gasteiger partial charge in [0, 0.05) is 22.3 Å². The minimum atomic E-state index is -3.40. The molecule has 6 nitrogen and oxygen atoms in total. The molecule has 2 aromatic rings. The maximum Gasteiger partial charge on any atom is 0.288 e. The van der Waals surface area contributed by atoms with Crippen molar-refractivity contribution in [1.29, 1.82) is 5.41 Å². The van der Waals surface area contributed by atoms with Gasteiger partial charge < -0.3 is 15.8 Å². The fourth-order valence-corrected chi connectivity index (χ4v) is 3.41. The van der Waals surface area contributed by atoms with E-state index in [2.05, 4.69) is 20.0 Å². The molecule has 1 unspecified atom stereocenters. The van der Waals surface area contributed by atoms with E-state index in [1.54, 1.807) is 0 Å². The molecule has 0 radical (unpaired) electrons. The lowest BCUT2D eigenvalue weighted by molar-refractivity contribution is -0.0649. The molecule has 1 aromatic heterocycles. The first-order valence-electron chi connectivity index (χ1n) is 8.08. The zero-order valence-corrected chi connectivity index (χ0v) is 15.5. The van der Waals surface area contributed by atoms with Gasteiger partial charge in [0.15, 0.2) is 17.5 Å². The van der Waals surface area contributed by atoms with Gasteiger partial charge in [0.05, 0.1) is 12.5 Å². The van der Waals surface area contributed by atoms with E-state index >= 15 is 0 Å². The van der Waals surface area contributed by atoms with Crippen molar-refractivity contribution >= 4 is 28.9 Å². The van der Waals surface area contributed by atoms with Gasteiger partial charge in [-0.1, -0.05) is 6.92 Å². The van der Waals surface area contributed by atoms with Gasteiger partial charge in [-0.05, 0) is 24.6 Å². The predicted octanol–water partition coefficient (Wildman–Crippen LogP) is 3.61. The van der Waals surface area contributed by atoms with E-state index in [0.29, 0.717) is 22.1 Å². The summed E-state index contributed by atoms with van der Waals surface area (Å²) in [6, 6.07) is 1.77. The van der Waals surface area contributed by atoms with Gasteiger partial charge in [0.2, 0.25) is 0 Å². The first-order chi connectivity index (χ1) is 12.7. The van der Waals surface area contributed by atoms with Crippen molar-refractivity contribution in [3.63, 3.8) is 0 Å². The normalized spacial score (nSPS) is 14.8. The molecule has 0 spiro atoms. The highest BCUT2D eigenvalue weighted by Crippen LogP contribution is 2.37. The number of anilines is 1. The van der Waals surface area contributed by atoms with E-state index in [0.717, 1.165) is 5.69 Å². The molecule has 0 bridgehead atoms. The van der Waals surface area contributed by atoms with Gasteiger partial charge in [-0.2, -0.15) is 0 Å². The highest BCUT2D eigenvalue weighted by molar-refractivity contribution is 7.12. The molecular formula is C17H18F3N5OS. The molecule has 1 aliphatic heterocycles. The lowest BCUT2D eigenvalue weighted by Gasteiger charge is -2.26. The number of amidine groups is 2. The molecule has 1 aromatic carbocycles. The highest BCUT2D eigenvalue weighted by atomic mass is 32.1. The van der Waals surface area contributed by atoms with Crippen molar-refractivity contribution in [1.82, 2.24) is 4.98 Å². The number of aliphatic imine (C=N–C) groups is 1. The fraction of sp³-hybridized carbons (Fsp3) is 0.353. The van der Waals surface area contributed by atoms with E-state index in [1.807, 2.05) is 12.3 Å². The third-order valence-corrected chi connectivity index (χ3v) is 5.19. The summed E-state index contributed by atoms with van der Waals surface area (Å²) in [6.07, 6.45) is 0. The number of rotatable bonds is 5. The monoisotopic (exact) mass is 397 g/mol. The average Bonchev–Trinajstić information content (AvgIpc) is 3.05. The van der Waals surface area contributed by atoms with Crippen molar-refractivity contribution in [2.24, 2.45) is 10.7 Å². The van der Waals surface area contributed by atoms with Crippen LogP contribution in [0.15, 0.2) is 22.5 Å². The van der Waals surface area contributed by atoms with Crippen LogP contribution in [0, 0.1) is 18.2 Å². The molecule has 144 valence electrons. The van der Waals surface area contributed by atoms with E-state index in [9.17, 15) is 13.2 Å². The van der Waals surface area contributed by atoms with Crippen molar-refractivity contribution in [2.45, 2.75) is 32.2 Å². The van der Waals surface area contributed by atoms with Crippen LogP contribution in [0.5, 0.6) is 0 Å². The molecule has 2 heterocycles. The maximum atomic E-state index is 14.5. The van der Waals surface area contributed by atoms with Crippen LogP contribution in [0.4, 0.5) is 18.9 Å². The van der Waals surface area contributed by atoms with Gasteiger partial charge in [-0.15, -0.1) is 11.3 Å². The van der Waals surface area contributed by atoms with Crippen LogP contribution < -0.4 is 11.1 Å². The number of nitrogens with two attached hydrogens (primary N) is 1. The van der Waals surface area contributed by atoms with Crippen LogP contribution in [0.1, 0.15) is 34.7 Å². The second-order valence-corrected chi connectivity index (χ2v) is 7.11. The van der Waals surface area contributed by atoms with Crippen molar-refractivity contribution in [3.05, 3.63) is 45.2 Å². The Morgan fingerprint density at radius 3 is 2.85 bits per heavy atom. The summed E-state index contributed by atoms with van der Waals surface area (Å²) >= 11 is 1.41. The number of nitrogens with one attached hydrogen (secondary N) is 2. The Balaban J connectivity index is 1.87. The Bertz CT molecular complexity index is 912. The molecule has 10 heteroatoms. The average molecular weight is 397 g/mol. The lowest BCUT2D eigenvalue weighted by Crippen LogP contribution is -2.33. The van der Waals surface area contributed by atoms with Gasteiger partial charge in [0.1, 0.15) is 5.82 Å². The number of halogens is 3. The summed E-state index contributed by atoms with van der Waals surface area (Å²) in [5.74, 6) is -5.10. The largest absolute Gasteiger partial charge is 0.459 e. The number of ether oxygens (including phenoxy) is 1. The fourth-order valence-electron chi connectivity index (χ4n) is 2.65. The first kappa shape index (κ1) is 19.2. The Labute approximate surface area is 157 Å². The Kier molecular flexibility index (Phi) is 5.09. The summed E-state index contributed by atoms with van der Waals surface area (Å²) in [7, 11) is 0. The van der Waals surface area contributed by atoms with Crippen LogP contribution in [-0.2, 0) is 11.3 Å². The number of alkyl halides is 2. The Hall–Kier alpha value is -2.62. The van der Waals surface area contributed by atoms with Crippen LogP contribution in [0.2, 0.25) is 0 Å². The van der Waals surface area contributed by atoms with Gasteiger partial charge in [-0.3, -0.25) is 10.4 Å². The quantitative estimate of drug-likeness (QED) is 0.530. The molecule has 1 aliphatic rings. The van der Waals surface area contributed by atoms with E-state index in [1.165, 1.54) is 30.4 Å². The second-order valence-electron chi connectivity index (χ2n) is 6.25. The minimum Gasteiger partial charge on any atom is -0.459 e. The van der Waals surface area contributed by atoms with Gasteiger partial charge in [0.25, 0.3) is 11.9 Å². The number of thiazole rings is 1. The van der Waals surface area contributed by atoms with Crippen molar-refractivity contribution in [2.75, 3.05) is 11.9 Å². The molecular weight excluding hydrogens is 379 g/mol. The summed E-state index contributed by atoms with van der Waals surface area (Å²) < 4.78 is 47.5. The van der Waals surface area contributed by atoms with E-state index < -0.39 is 30.3 Å². The number of nitrogens with zero attached hydrogens (tertiary/aromatic N) is 2. The second kappa shape index (κ2) is 7.18. The van der Waals surface area contributed by atoms with Crippen molar-refractivity contribution < 1.29 is 17.9 Å². The van der Waals surface area contributed by atoms with Crippen LogP contribution >= 0.6 is 11.3 Å². The molecule has 0 aliphatic carbocycles. The summed E-state index contributed by atoms with van der Waals surface area (Å²) in [5, 5.41) is 12.5. The van der Waals surface area contributed by atoms with Crippen LogP contribution in [-0.4, -0.2) is 29.4 Å². The standard InChI is InChI=1S/C17H18F3N5OS/c1-8-6-27-15(24-8)14-23-5-10-3-12(18)11(4-13(10)25-14)9(2)17(19,20)7-26-16(21)22/h3-4,6,9H,5,7H2,1-2H3,(H3,21,22)(H,23,25). The molecule has 4 N–H and O–H groups in total. The molecule has 27 heavy (non-hydrogen) atoms. The third-order valence-electron chi connectivity index (χ3n) is 4.22. The zero-order chi connectivity index (χ0) is 19.8. The first-order valence-corrected chi connectivity index (χ1v) is 8.96. The van der Waals surface area contributed by atoms with E-state index in [4.69, 9.17) is 11.1 Å². The molecule has 0 saturated carbocycles. The molecule has 0 saturated heterocycles. The number of aryl methyl sites for hydroxylation is 1. The smallest absolute Gasteiger partial charge is 0.288 e. The number of aromatic nitrogens is 1. The van der Waals surface area contributed by atoms with Gasteiger partial charge >= 0.3 is 0 Å².